The molecule has 0 bridgehead atoms. The van der Waals surface area contributed by atoms with Crippen LogP contribution in [0.15, 0.2) is 53.7 Å². The Bertz CT molecular complexity index is 1190. The number of nitrogens with zero attached hydrogens (tertiary/aromatic N) is 5. The zero-order valence-electron chi connectivity index (χ0n) is 13.8. The number of para-hydroxylation sites is 1. The lowest BCUT2D eigenvalue weighted by Gasteiger charge is -2.04. The zero-order chi connectivity index (χ0) is 19.0. The topological polar surface area (TPSA) is 129 Å². The fourth-order valence-corrected chi connectivity index (χ4v) is 3.30. The van der Waals surface area contributed by atoms with Crippen LogP contribution in [0.3, 0.4) is 0 Å². The number of primary amides is 1. The van der Waals surface area contributed by atoms with Crippen LogP contribution in [0.5, 0.6) is 0 Å². The highest BCUT2D eigenvalue weighted by atomic mass is 32.2. The number of thioether (sulfide) groups is 1. The molecule has 0 fully saturated rings. The first kappa shape index (κ1) is 16.9. The van der Waals surface area contributed by atoms with Crippen molar-refractivity contribution in [2.45, 2.75) is 5.16 Å². The second kappa shape index (κ2) is 6.65. The molecule has 2 N–H and O–H groups in total. The van der Waals surface area contributed by atoms with Gasteiger partial charge in [-0.15, -0.1) is 5.10 Å². The van der Waals surface area contributed by atoms with Gasteiger partial charge in [0, 0.05) is 23.1 Å². The number of nitro groups is 1. The molecule has 4 aromatic rings. The summed E-state index contributed by atoms with van der Waals surface area (Å²) in [5.74, 6) is 0.00969. The van der Waals surface area contributed by atoms with E-state index in [4.69, 9.17) is 5.73 Å². The number of hydrogen-bond acceptors (Lipinski definition) is 7. The van der Waals surface area contributed by atoms with E-state index in [1.54, 1.807) is 16.6 Å². The molecular weight excluding hydrogens is 368 g/mol. The molecule has 0 aliphatic carbocycles. The van der Waals surface area contributed by atoms with E-state index in [1.807, 2.05) is 24.3 Å². The predicted molar refractivity (Wildman–Crippen MR) is 100 cm³/mol. The number of rotatable bonds is 5. The van der Waals surface area contributed by atoms with Gasteiger partial charge in [-0.05, 0) is 24.3 Å². The Balaban J connectivity index is 1.88. The summed E-state index contributed by atoms with van der Waals surface area (Å²) in [6.07, 6.45) is 0. The largest absolute Gasteiger partial charge is 0.369 e. The first-order chi connectivity index (χ1) is 13.0. The molecule has 27 heavy (non-hydrogen) atoms. The van der Waals surface area contributed by atoms with Crippen LogP contribution in [0.1, 0.15) is 0 Å². The van der Waals surface area contributed by atoms with E-state index >= 15 is 0 Å². The molecule has 2 aromatic heterocycles. The van der Waals surface area contributed by atoms with Gasteiger partial charge in [0.1, 0.15) is 0 Å². The summed E-state index contributed by atoms with van der Waals surface area (Å²) in [5, 5.41) is 16.6. The molecule has 0 atom stereocenters. The summed E-state index contributed by atoms with van der Waals surface area (Å²) in [6.45, 7) is 0. The quantitative estimate of drug-likeness (QED) is 0.243. The molecule has 0 radical (unpaired) electrons. The van der Waals surface area contributed by atoms with Crippen LogP contribution in [0, 0.1) is 10.1 Å². The number of nitrogens with two attached hydrogens (primary N) is 1. The zero-order valence-corrected chi connectivity index (χ0v) is 14.6. The van der Waals surface area contributed by atoms with Gasteiger partial charge in [-0.1, -0.05) is 23.9 Å². The number of aromatic nitrogens is 4. The van der Waals surface area contributed by atoms with E-state index in [0.29, 0.717) is 22.2 Å². The minimum atomic E-state index is -0.461. The highest BCUT2D eigenvalue weighted by molar-refractivity contribution is 7.99. The lowest BCUT2D eigenvalue weighted by molar-refractivity contribution is -0.384. The standard InChI is InChI=1S/C17H12N6O3S/c18-14(24)9-27-17-19-13-4-2-1-3-12(13)16-20-15(21-22(16)17)10-5-7-11(8-6-10)23(25)26/h1-8H,9H2,(H2,18,24). The third-order valence-corrected chi connectivity index (χ3v) is 4.78. The van der Waals surface area contributed by atoms with Crippen molar-refractivity contribution in [1.82, 2.24) is 19.6 Å². The first-order valence-electron chi connectivity index (χ1n) is 7.84. The number of amides is 1. The Morgan fingerprint density at radius 3 is 2.59 bits per heavy atom. The number of non-ortho nitro benzene ring substituents is 1. The fourth-order valence-electron chi connectivity index (χ4n) is 2.61. The van der Waals surface area contributed by atoms with Gasteiger partial charge >= 0.3 is 0 Å². The van der Waals surface area contributed by atoms with Gasteiger partial charge in [-0.3, -0.25) is 14.9 Å². The smallest absolute Gasteiger partial charge is 0.269 e. The molecule has 134 valence electrons. The number of carbonyl (C=O) groups is 1. The highest BCUT2D eigenvalue weighted by Gasteiger charge is 2.16. The number of carbonyl (C=O) groups excluding carboxylic acids is 1. The molecule has 0 spiro atoms. The maximum atomic E-state index is 11.2. The third-order valence-electron chi connectivity index (χ3n) is 3.83. The molecule has 10 heteroatoms. The summed E-state index contributed by atoms with van der Waals surface area (Å²) < 4.78 is 1.56. The second-order valence-electron chi connectivity index (χ2n) is 5.64. The highest BCUT2D eigenvalue weighted by Crippen LogP contribution is 2.27. The normalized spacial score (nSPS) is 11.1. The van der Waals surface area contributed by atoms with E-state index in [-0.39, 0.29) is 11.4 Å². The summed E-state index contributed by atoms with van der Waals surface area (Å²) in [4.78, 5) is 30.7. The van der Waals surface area contributed by atoms with Crippen LogP contribution in [-0.2, 0) is 4.79 Å². The van der Waals surface area contributed by atoms with E-state index < -0.39 is 10.8 Å². The van der Waals surface area contributed by atoms with Crippen LogP contribution >= 0.6 is 11.8 Å². The van der Waals surface area contributed by atoms with Crippen LogP contribution in [0.4, 0.5) is 5.69 Å². The minimum absolute atomic E-state index is 0.00710. The molecule has 1 amide bonds. The Morgan fingerprint density at radius 2 is 1.89 bits per heavy atom. The Hall–Kier alpha value is -3.53. The molecule has 4 rings (SSSR count). The number of fused-ring (bicyclic) bond motifs is 3. The van der Waals surface area contributed by atoms with Crippen LogP contribution in [0.2, 0.25) is 0 Å². The minimum Gasteiger partial charge on any atom is -0.369 e. The predicted octanol–water partition coefficient (Wildman–Crippen LogP) is 2.43. The summed E-state index contributed by atoms with van der Waals surface area (Å²) in [5.41, 5.74) is 7.18. The van der Waals surface area contributed by atoms with Crippen LogP contribution < -0.4 is 5.73 Å². The second-order valence-corrected chi connectivity index (χ2v) is 6.58. The third kappa shape index (κ3) is 3.17. The van der Waals surface area contributed by atoms with Gasteiger partial charge in [-0.2, -0.15) is 4.52 Å². The van der Waals surface area contributed by atoms with Crippen molar-refractivity contribution >= 4 is 39.9 Å². The summed E-state index contributed by atoms with van der Waals surface area (Å²) in [6, 6.07) is 13.5. The molecule has 0 aliphatic rings. The Labute approximate surface area is 156 Å². The van der Waals surface area contributed by atoms with Gasteiger partial charge in [-0.25, -0.2) is 9.97 Å². The van der Waals surface area contributed by atoms with Gasteiger partial charge in [0.25, 0.3) is 5.69 Å². The van der Waals surface area contributed by atoms with Gasteiger partial charge in [0.2, 0.25) is 5.91 Å². The van der Waals surface area contributed by atoms with Crippen molar-refractivity contribution in [2.24, 2.45) is 5.73 Å². The lowest BCUT2D eigenvalue weighted by atomic mass is 10.2. The average molecular weight is 380 g/mol. The Morgan fingerprint density at radius 1 is 1.15 bits per heavy atom. The van der Waals surface area contributed by atoms with Crippen LogP contribution in [-0.4, -0.2) is 36.2 Å². The lowest BCUT2D eigenvalue weighted by Crippen LogP contribution is -2.14. The van der Waals surface area contributed by atoms with E-state index in [9.17, 15) is 14.9 Å². The van der Waals surface area contributed by atoms with Gasteiger partial charge in [0.15, 0.2) is 16.6 Å². The number of nitro benzene ring substituents is 1. The maximum absolute atomic E-state index is 11.2. The monoisotopic (exact) mass is 380 g/mol. The van der Waals surface area contributed by atoms with Crippen molar-refractivity contribution in [1.29, 1.82) is 0 Å². The van der Waals surface area contributed by atoms with Crippen molar-refractivity contribution in [3.63, 3.8) is 0 Å². The van der Waals surface area contributed by atoms with Crippen molar-refractivity contribution in [2.75, 3.05) is 5.75 Å². The molecule has 0 aliphatic heterocycles. The Kier molecular flexibility index (Phi) is 4.16. The molecule has 0 unspecified atom stereocenters. The molecule has 2 heterocycles. The van der Waals surface area contributed by atoms with E-state index in [2.05, 4.69) is 15.1 Å². The molecule has 9 nitrogen and oxygen atoms in total. The average Bonchev–Trinajstić information content (AvgIpc) is 3.12. The van der Waals surface area contributed by atoms with Crippen molar-refractivity contribution in [3.05, 3.63) is 58.6 Å². The van der Waals surface area contributed by atoms with E-state index in [1.165, 1.54) is 23.9 Å². The number of hydrogen-bond donors (Lipinski definition) is 1. The summed E-state index contributed by atoms with van der Waals surface area (Å²) >= 11 is 1.17. The summed E-state index contributed by atoms with van der Waals surface area (Å²) in [7, 11) is 0. The van der Waals surface area contributed by atoms with Crippen molar-refractivity contribution in [3.8, 4) is 11.4 Å². The van der Waals surface area contributed by atoms with Gasteiger partial charge < -0.3 is 5.73 Å². The first-order valence-corrected chi connectivity index (χ1v) is 8.83. The molecule has 0 saturated carbocycles. The SMILES string of the molecule is NC(=O)CSc1nc2ccccc2c2nc(-c3ccc([N+](=O)[O-])cc3)nn12. The van der Waals surface area contributed by atoms with E-state index in [0.717, 1.165) is 10.9 Å². The van der Waals surface area contributed by atoms with Crippen LogP contribution in [0.25, 0.3) is 27.9 Å². The maximum Gasteiger partial charge on any atom is 0.269 e. The molecule has 2 aromatic carbocycles. The molecule has 0 saturated heterocycles. The fraction of sp³-hybridized carbons (Fsp3) is 0.0588. The molecular formula is C17H12N6O3S. The number of benzene rings is 2. The van der Waals surface area contributed by atoms with Crippen molar-refractivity contribution < 1.29 is 9.72 Å². The van der Waals surface area contributed by atoms with Gasteiger partial charge in [0.05, 0.1) is 16.2 Å².